The van der Waals surface area contributed by atoms with Crippen LogP contribution in [-0.2, 0) is 23.2 Å². The van der Waals surface area contributed by atoms with Gasteiger partial charge >= 0.3 is 5.97 Å². The summed E-state index contributed by atoms with van der Waals surface area (Å²) in [5, 5.41) is 18.3. The molecule has 0 saturated carbocycles. The van der Waals surface area contributed by atoms with E-state index in [1.54, 1.807) is 0 Å². The van der Waals surface area contributed by atoms with Crippen LogP contribution < -0.4 is 0 Å². The van der Waals surface area contributed by atoms with Crippen LogP contribution in [0.2, 0.25) is 36.3 Å². The molecular weight excluding hydrogens is 697 g/mol. The molecule has 13 heteroatoms. The van der Waals surface area contributed by atoms with E-state index in [-0.39, 0.29) is 30.6 Å². The summed E-state index contributed by atoms with van der Waals surface area (Å²) < 4.78 is 20.5. The quantitative estimate of drug-likeness (QED) is 0.0692. The summed E-state index contributed by atoms with van der Waals surface area (Å²) >= 11 is 1.53. The number of thiazole rings is 1. The van der Waals surface area contributed by atoms with Gasteiger partial charge in [0.1, 0.15) is 11.9 Å². The maximum atomic E-state index is 14.9. The lowest BCUT2D eigenvalue weighted by molar-refractivity contribution is -0.154. The number of carbonyl (C=O) groups is 2. The number of esters is 1. The number of cyclic esters (lactones) is 1. The van der Waals surface area contributed by atoms with Crippen molar-refractivity contribution < 1.29 is 28.3 Å². The van der Waals surface area contributed by atoms with E-state index in [1.165, 1.54) is 11.3 Å². The molecule has 1 fully saturated rings. The molecule has 51 heavy (non-hydrogen) atoms. The Bertz CT molecular complexity index is 1320. The monoisotopic (exact) mass is 764 g/mol. The van der Waals surface area contributed by atoms with Crippen molar-refractivity contribution in [1.29, 1.82) is 0 Å². The lowest BCUT2D eigenvalue weighted by Gasteiger charge is -2.44. The molecule has 0 aliphatic carbocycles. The Morgan fingerprint density at radius 3 is 2.14 bits per heavy atom. The Labute approximate surface area is 314 Å². The van der Waals surface area contributed by atoms with Gasteiger partial charge in [0.05, 0.1) is 41.5 Å². The molecule has 2 heterocycles. The normalized spacial score (nSPS) is 27.9. The molecule has 1 aromatic rings. The molecule has 0 bridgehead atoms. The van der Waals surface area contributed by atoms with Crippen molar-refractivity contribution in [2.75, 3.05) is 0 Å². The third-order valence-electron chi connectivity index (χ3n) is 12.0. The minimum absolute atomic E-state index is 0.0357. The second kappa shape index (κ2) is 20.6. The first-order chi connectivity index (χ1) is 24.0. The fourth-order valence-electron chi connectivity index (χ4n) is 7.67. The summed E-state index contributed by atoms with van der Waals surface area (Å²) in [7, 11) is -4.41. The number of carbonyl (C=O) groups excluding carboxylic acids is 2. The van der Waals surface area contributed by atoms with E-state index in [9.17, 15) is 20.2 Å². The Kier molecular flexibility index (Phi) is 18.3. The van der Waals surface area contributed by atoms with Gasteiger partial charge in [-0.3, -0.25) is 9.59 Å². The highest BCUT2D eigenvalue weighted by molar-refractivity contribution is 7.09. The van der Waals surface area contributed by atoms with E-state index >= 15 is 0 Å². The number of hydrogen-bond donors (Lipinski definition) is 1. The highest BCUT2D eigenvalue weighted by Crippen LogP contribution is 2.40. The molecule has 1 saturated heterocycles. The molecule has 1 aromatic heterocycles. The lowest BCUT2D eigenvalue weighted by Crippen LogP contribution is -2.53. The van der Waals surface area contributed by atoms with E-state index in [0.717, 1.165) is 59.0 Å². The zero-order chi connectivity index (χ0) is 38.6. The number of Topliss-reactive ketones (excluding diaryl/α,β-unsaturated/α-hetero) is 1. The number of hydrogen-bond acceptors (Lipinski definition) is 9. The van der Waals surface area contributed by atoms with Gasteiger partial charge in [0, 0.05) is 21.6 Å². The van der Waals surface area contributed by atoms with Crippen LogP contribution in [0.4, 0.5) is 0 Å². The Hall–Kier alpha value is -1.87. The van der Waals surface area contributed by atoms with Crippen LogP contribution in [0.5, 0.6) is 0 Å². The van der Waals surface area contributed by atoms with E-state index in [2.05, 4.69) is 63.5 Å². The van der Waals surface area contributed by atoms with Crippen molar-refractivity contribution in [3.8, 4) is 0 Å². The second-order valence-electron chi connectivity index (χ2n) is 15.4. The molecular formula is C38H68N4O6SSi2. The predicted octanol–water partition coefficient (Wildman–Crippen LogP) is 10.4. The van der Waals surface area contributed by atoms with Crippen molar-refractivity contribution >= 4 is 45.8 Å². The number of nitrogens with zero attached hydrogens (tertiary/aromatic N) is 4. The van der Waals surface area contributed by atoms with E-state index in [0.29, 0.717) is 12.8 Å². The lowest BCUT2D eigenvalue weighted by atomic mass is 9.73. The first kappa shape index (κ1) is 45.3. The number of ether oxygens (including phenoxy) is 1. The van der Waals surface area contributed by atoms with Crippen molar-refractivity contribution in [2.24, 2.45) is 22.4 Å². The minimum atomic E-state index is -2.29. The number of ketones is 1. The summed E-state index contributed by atoms with van der Waals surface area (Å²) in [6.07, 6.45) is 0.938. The van der Waals surface area contributed by atoms with Gasteiger partial charge in [-0.15, -0.1) is 11.3 Å². The van der Waals surface area contributed by atoms with Crippen LogP contribution in [0.25, 0.3) is 16.5 Å². The Morgan fingerprint density at radius 1 is 1.06 bits per heavy atom. The molecule has 0 aromatic carbocycles. The number of aliphatic hydroxyl groups is 1. The van der Waals surface area contributed by atoms with Crippen LogP contribution in [0.15, 0.2) is 16.1 Å². The maximum Gasteiger partial charge on any atom is 0.309 e. The topological polar surface area (TPSA) is 144 Å². The molecule has 1 aliphatic rings. The summed E-state index contributed by atoms with van der Waals surface area (Å²) in [5.41, 5.74) is 10.00. The molecule has 7 atom stereocenters. The number of aromatic nitrogens is 1. The minimum Gasteiger partial charge on any atom is -0.458 e. The van der Waals surface area contributed by atoms with Gasteiger partial charge in [0.25, 0.3) is 0 Å². The van der Waals surface area contributed by atoms with Gasteiger partial charge < -0.3 is 18.7 Å². The zero-order valence-corrected chi connectivity index (χ0v) is 36.5. The molecule has 2 rings (SSSR count). The standard InChI is InChI=1S/C38H68N4O6SSi2/c1-13-50(14-2,15-3)47-34-24-35(44)46-33(27(8)22-30-25-49-29(10)40-30)23-31(41-42-39)32(43)21-19-20-26(7)36(28(9)37(45)38(34,11)12)48-51(16-4,17-5)18-6/h22,25-26,28,31-34,36,43H,13-21,23-24H2,1-12H3/t26-,28+,31-,32-,33-,34-,36-/m0/s1. The molecule has 1 aliphatic heterocycles. The van der Waals surface area contributed by atoms with E-state index in [4.69, 9.17) is 13.6 Å². The van der Waals surface area contributed by atoms with Gasteiger partial charge in [0.15, 0.2) is 16.6 Å². The summed E-state index contributed by atoms with van der Waals surface area (Å²) in [6.45, 7) is 24.8. The second-order valence-corrected chi connectivity index (χ2v) is 25.9. The third kappa shape index (κ3) is 12.1. The summed E-state index contributed by atoms with van der Waals surface area (Å²) in [6, 6.07) is 4.69. The first-order valence-corrected chi connectivity index (χ1v) is 25.4. The van der Waals surface area contributed by atoms with Gasteiger partial charge in [-0.05, 0) is 92.5 Å². The molecule has 0 spiro atoms. The van der Waals surface area contributed by atoms with Crippen LogP contribution >= 0.6 is 11.3 Å². The largest absolute Gasteiger partial charge is 0.458 e. The highest BCUT2D eigenvalue weighted by atomic mass is 32.1. The summed E-state index contributed by atoms with van der Waals surface area (Å²) in [4.78, 5) is 36.7. The third-order valence-corrected chi connectivity index (χ3v) is 22.0. The predicted molar refractivity (Wildman–Crippen MR) is 214 cm³/mol. The van der Waals surface area contributed by atoms with Gasteiger partial charge in [-0.2, -0.15) is 0 Å². The smallest absolute Gasteiger partial charge is 0.309 e. The van der Waals surface area contributed by atoms with Crippen LogP contribution in [0, 0.1) is 24.2 Å². The zero-order valence-electron chi connectivity index (χ0n) is 33.7. The fraction of sp³-hybridized carbons (Fsp3) is 0.816. The first-order valence-electron chi connectivity index (χ1n) is 19.4. The molecule has 290 valence electrons. The Morgan fingerprint density at radius 2 is 1.63 bits per heavy atom. The molecule has 1 N–H and O–H groups in total. The van der Waals surface area contributed by atoms with Crippen LogP contribution in [0.3, 0.4) is 0 Å². The van der Waals surface area contributed by atoms with Crippen molar-refractivity contribution in [1.82, 2.24) is 4.98 Å². The average molecular weight is 765 g/mol. The van der Waals surface area contributed by atoms with Gasteiger partial charge in [-0.25, -0.2) is 4.98 Å². The molecule has 0 radical (unpaired) electrons. The molecule has 0 unspecified atom stereocenters. The van der Waals surface area contributed by atoms with Crippen LogP contribution in [0.1, 0.15) is 119 Å². The van der Waals surface area contributed by atoms with Crippen molar-refractivity contribution in [3.63, 3.8) is 0 Å². The number of azide groups is 1. The van der Waals surface area contributed by atoms with Crippen molar-refractivity contribution in [2.45, 2.75) is 182 Å². The number of aryl methyl sites for hydroxylation is 1. The maximum absolute atomic E-state index is 14.9. The van der Waals surface area contributed by atoms with Crippen LogP contribution in [-0.4, -0.2) is 68.9 Å². The van der Waals surface area contributed by atoms with E-state index < -0.39 is 58.3 Å². The number of aliphatic hydroxyl groups excluding tert-OH is 1. The van der Waals surface area contributed by atoms with E-state index in [1.807, 2.05) is 46.1 Å². The number of rotatable bonds is 13. The van der Waals surface area contributed by atoms with Crippen molar-refractivity contribution in [3.05, 3.63) is 32.1 Å². The fourth-order valence-corrected chi connectivity index (χ4v) is 14.2. The van der Waals surface area contributed by atoms with Gasteiger partial charge in [-0.1, -0.05) is 80.8 Å². The summed E-state index contributed by atoms with van der Waals surface area (Å²) in [5.74, 6) is -0.864. The molecule has 10 nitrogen and oxygen atoms in total. The SMILES string of the molecule is CC[Si](CC)(CC)O[C@H]1[C@@H](C)CCC[C@H](O)[C@@H](N=[N+]=[N-])C[C@@H](C(C)=Cc2csc(C)n2)OC(=O)C[C@H](O[Si](CC)(CC)CC)C(C)(C)C(=O)[C@@H]1C. The Balaban J connectivity index is 2.74. The highest BCUT2D eigenvalue weighted by Gasteiger charge is 2.48. The van der Waals surface area contributed by atoms with Gasteiger partial charge in [0.2, 0.25) is 0 Å². The molecule has 0 amide bonds. The average Bonchev–Trinajstić information content (AvgIpc) is 3.53.